The molecule has 7 heteroatoms. The molecular formula is C20H26ClN3O3. The first kappa shape index (κ1) is 19.7. The summed E-state index contributed by atoms with van der Waals surface area (Å²) in [6, 6.07) is 7.35. The van der Waals surface area contributed by atoms with E-state index in [1.54, 1.807) is 13.0 Å². The Kier molecular flexibility index (Phi) is 6.37. The third-order valence-corrected chi connectivity index (χ3v) is 5.44. The maximum Gasteiger partial charge on any atom is 0.267 e. The normalized spacial score (nSPS) is 22.6. The number of hydrogen-bond acceptors (Lipinski definition) is 4. The Balaban J connectivity index is 1.48. The zero-order valence-electron chi connectivity index (χ0n) is 15.7. The molecule has 3 rings (SSSR count). The van der Waals surface area contributed by atoms with Crippen LogP contribution in [-0.2, 0) is 14.4 Å². The van der Waals surface area contributed by atoms with Gasteiger partial charge in [-0.1, -0.05) is 47.8 Å². The van der Waals surface area contributed by atoms with E-state index in [1.807, 2.05) is 23.1 Å². The smallest absolute Gasteiger partial charge is 0.267 e. The molecule has 0 bridgehead atoms. The van der Waals surface area contributed by atoms with Crippen molar-refractivity contribution in [3.05, 3.63) is 34.9 Å². The molecule has 1 fully saturated rings. The van der Waals surface area contributed by atoms with Gasteiger partial charge in [0, 0.05) is 43.1 Å². The average Bonchev–Trinajstić information content (AvgIpc) is 2.88. The van der Waals surface area contributed by atoms with E-state index in [-0.39, 0.29) is 11.8 Å². The van der Waals surface area contributed by atoms with Crippen molar-refractivity contribution in [2.24, 2.45) is 5.16 Å². The second kappa shape index (κ2) is 8.74. The van der Waals surface area contributed by atoms with E-state index in [9.17, 15) is 9.59 Å². The predicted octanol–water partition coefficient (Wildman–Crippen LogP) is 3.13. The predicted molar refractivity (Wildman–Crippen MR) is 105 cm³/mol. The Morgan fingerprint density at radius 1 is 1.22 bits per heavy atom. The number of nitrogens with zero attached hydrogens (tertiary/aromatic N) is 2. The van der Waals surface area contributed by atoms with Gasteiger partial charge in [-0.2, -0.15) is 0 Å². The highest BCUT2D eigenvalue weighted by Crippen LogP contribution is 2.29. The Bertz CT molecular complexity index is 729. The number of hydrogen-bond donors (Lipinski definition) is 1. The summed E-state index contributed by atoms with van der Waals surface area (Å²) in [5.41, 5.74) is 0.339. The van der Waals surface area contributed by atoms with Gasteiger partial charge in [-0.3, -0.25) is 9.59 Å². The standard InChI is InChI=1S/C20H26ClN3O3/c1-20(14-17(23-27-20)15-8-4-5-9-16(15)21)19(26)22-11-10-18(25)24-12-6-2-3-7-13-24/h4-5,8-9H,2-3,6-7,10-14H2,1H3,(H,22,26)/t20-/m0/s1. The van der Waals surface area contributed by atoms with Crippen molar-refractivity contribution in [1.82, 2.24) is 10.2 Å². The molecule has 0 saturated carbocycles. The van der Waals surface area contributed by atoms with Gasteiger partial charge in [0.05, 0.1) is 5.71 Å². The highest BCUT2D eigenvalue weighted by Gasteiger charge is 2.42. The third kappa shape index (κ3) is 4.80. The zero-order valence-corrected chi connectivity index (χ0v) is 16.4. The van der Waals surface area contributed by atoms with Gasteiger partial charge in [0.15, 0.2) is 0 Å². The summed E-state index contributed by atoms with van der Waals surface area (Å²) >= 11 is 6.20. The summed E-state index contributed by atoms with van der Waals surface area (Å²) in [6.45, 7) is 3.64. The van der Waals surface area contributed by atoms with Crippen LogP contribution in [0.2, 0.25) is 5.02 Å². The Labute approximate surface area is 164 Å². The molecule has 1 N–H and O–H groups in total. The van der Waals surface area contributed by atoms with Crippen LogP contribution in [0.5, 0.6) is 0 Å². The van der Waals surface area contributed by atoms with E-state index in [4.69, 9.17) is 16.4 Å². The number of rotatable bonds is 5. The molecule has 0 radical (unpaired) electrons. The fourth-order valence-corrected chi connectivity index (χ4v) is 3.69. The summed E-state index contributed by atoms with van der Waals surface area (Å²) < 4.78 is 0. The molecule has 2 aliphatic rings. The molecule has 0 spiro atoms. The first-order chi connectivity index (χ1) is 13.0. The summed E-state index contributed by atoms with van der Waals surface area (Å²) in [5, 5.41) is 7.46. The monoisotopic (exact) mass is 391 g/mol. The summed E-state index contributed by atoms with van der Waals surface area (Å²) in [4.78, 5) is 32.2. The van der Waals surface area contributed by atoms with Gasteiger partial charge in [0.25, 0.3) is 5.91 Å². The molecule has 27 heavy (non-hydrogen) atoms. The largest absolute Gasteiger partial charge is 0.379 e. The SMILES string of the molecule is C[C@@]1(C(=O)NCCC(=O)N2CCCCCC2)CC(c2ccccc2Cl)=NO1. The maximum atomic E-state index is 12.6. The second-order valence-corrected chi connectivity index (χ2v) is 7.72. The average molecular weight is 392 g/mol. The molecule has 2 heterocycles. The molecule has 0 unspecified atom stereocenters. The number of nitrogens with one attached hydrogen (secondary N) is 1. The number of likely N-dealkylation sites (tertiary alicyclic amines) is 1. The first-order valence-electron chi connectivity index (χ1n) is 9.56. The number of halogens is 1. The van der Waals surface area contributed by atoms with Crippen LogP contribution in [0.15, 0.2) is 29.4 Å². The minimum atomic E-state index is -1.08. The van der Waals surface area contributed by atoms with Gasteiger partial charge in [0.1, 0.15) is 0 Å². The molecule has 1 saturated heterocycles. The quantitative estimate of drug-likeness (QED) is 0.838. The van der Waals surface area contributed by atoms with Crippen LogP contribution in [0, 0.1) is 0 Å². The first-order valence-corrected chi connectivity index (χ1v) is 9.93. The zero-order chi connectivity index (χ0) is 19.3. The van der Waals surface area contributed by atoms with E-state index in [2.05, 4.69) is 10.5 Å². The number of oxime groups is 1. The minimum absolute atomic E-state index is 0.0997. The van der Waals surface area contributed by atoms with Gasteiger partial charge in [-0.25, -0.2) is 0 Å². The van der Waals surface area contributed by atoms with E-state index in [1.165, 1.54) is 12.8 Å². The van der Waals surface area contributed by atoms with Crippen molar-refractivity contribution < 1.29 is 14.4 Å². The van der Waals surface area contributed by atoms with E-state index >= 15 is 0 Å². The second-order valence-electron chi connectivity index (χ2n) is 7.32. The number of amides is 2. The highest BCUT2D eigenvalue weighted by molar-refractivity contribution is 6.34. The maximum absolute atomic E-state index is 12.6. The van der Waals surface area contributed by atoms with Crippen LogP contribution < -0.4 is 5.32 Å². The molecule has 1 aromatic carbocycles. The van der Waals surface area contributed by atoms with Crippen molar-refractivity contribution in [1.29, 1.82) is 0 Å². The van der Waals surface area contributed by atoms with Crippen molar-refractivity contribution in [3.63, 3.8) is 0 Å². The Morgan fingerprint density at radius 2 is 1.93 bits per heavy atom. The van der Waals surface area contributed by atoms with Crippen LogP contribution in [0.1, 0.15) is 51.0 Å². The molecule has 6 nitrogen and oxygen atoms in total. The topological polar surface area (TPSA) is 71.0 Å². The fraction of sp³-hybridized carbons (Fsp3) is 0.550. The van der Waals surface area contributed by atoms with Gasteiger partial charge in [-0.05, 0) is 25.8 Å². The molecule has 146 valence electrons. The van der Waals surface area contributed by atoms with Crippen LogP contribution >= 0.6 is 11.6 Å². The number of carbonyl (C=O) groups is 2. The van der Waals surface area contributed by atoms with Crippen molar-refractivity contribution in [3.8, 4) is 0 Å². The minimum Gasteiger partial charge on any atom is -0.379 e. The fourth-order valence-electron chi connectivity index (χ4n) is 3.45. The van der Waals surface area contributed by atoms with E-state index in [0.29, 0.717) is 30.1 Å². The van der Waals surface area contributed by atoms with Gasteiger partial charge in [-0.15, -0.1) is 0 Å². The molecule has 2 aliphatic heterocycles. The molecule has 1 aromatic rings. The van der Waals surface area contributed by atoms with Crippen LogP contribution in [0.25, 0.3) is 0 Å². The molecule has 2 amide bonds. The van der Waals surface area contributed by atoms with Crippen molar-refractivity contribution >= 4 is 29.1 Å². The lowest BCUT2D eigenvalue weighted by atomic mass is 9.95. The lowest BCUT2D eigenvalue weighted by Crippen LogP contribution is -2.46. The number of carbonyl (C=O) groups excluding carboxylic acids is 2. The Morgan fingerprint density at radius 3 is 2.63 bits per heavy atom. The molecule has 0 aliphatic carbocycles. The molecule has 1 atom stereocenters. The van der Waals surface area contributed by atoms with Gasteiger partial charge < -0.3 is 15.1 Å². The third-order valence-electron chi connectivity index (χ3n) is 5.11. The lowest BCUT2D eigenvalue weighted by molar-refractivity contribution is -0.141. The number of benzene rings is 1. The molecule has 0 aromatic heterocycles. The van der Waals surface area contributed by atoms with Crippen molar-refractivity contribution in [2.45, 2.75) is 51.0 Å². The highest BCUT2D eigenvalue weighted by atomic mass is 35.5. The van der Waals surface area contributed by atoms with Crippen LogP contribution in [0.4, 0.5) is 0 Å². The van der Waals surface area contributed by atoms with Crippen LogP contribution in [0.3, 0.4) is 0 Å². The van der Waals surface area contributed by atoms with E-state index in [0.717, 1.165) is 31.5 Å². The molecular weight excluding hydrogens is 366 g/mol. The van der Waals surface area contributed by atoms with E-state index < -0.39 is 5.60 Å². The lowest BCUT2D eigenvalue weighted by Gasteiger charge is -2.22. The Hall–Kier alpha value is -2.08. The summed E-state index contributed by atoms with van der Waals surface area (Å²) in [7, 11) is 0. The summed E-state index contributed by atoms with van der Waals surface area (Å²) in [5.74, 6) is -0.167. The van der Waals surface area contributed by atoms with Gasteiger partial charge in [0.2, 0.25) is 11.5 Å². The van der Waals surface area contributed by atoms with Crippen molar-refractivity contribution in [2.75, 3.05) is 19.6 Å². The van der Waals surface area contributed by atoms with Gasteiger partial charge >= 0.3 is 0 Å². The summed E-state index contributed by atoms with van der Waals surface area (Å²) in [6.07, 6.45) is 5.13. The van der Waals surface area contributed by atoms with Crippen LogP contribution in [-0.4, -0.2) is 47.7 Å².